The summed E-state index contributed by atoms with van der Waals surface area (Å²) in [5.74, 6) is 0. The second kappa shape index (κ2) is 31.0. The molecule has 0 saturated carbocycles. The molecule has 0 aliphatic carbocycles. The minimum absolute atomic E-state index is 0. The maximum absolute atomic E-state index is 2.43. The predicted octanol–water partition coefficient (Wildman–Crippen LogP) is 9.42. The summed E-state index contributed by atoms with van der Waals surface area (Å²) in [6.07, 6.45) is 42.4. The second-order valence-corrected chi connectivity index (χ2v) is 13.2. The molecule has 0 spiro atoms. The van der Waals surface area contributed by atoms with Gasteiger partial charge in [-0.15, -0.1) is 0 Å². The monoisotopic (exact) mass is 588 g/mol. The summed E-state index contributed by atoms with van der Waals surface area (Å²) in [7, 11) is 7.28. The summed E-state index contributed by atoms with van der Waals surface area (Å²) in [4.78, 5) is 0. The number of halogens is 1. The van der Waals surface area contributed by atoms with Crippen LogP contribution in [-0.4, -0.2) is 31.7 Å². The molecule has 0 amide bonds. The summed E-state index contributed by atoms with van der Waals surface area (Å²) in [5.41, 5.74) is 0. The Morgan fingerprint density at radius 1 is 0.324 bits per heavy atom. The highest BCUT2D eigenvalue weighted by Gasteiger charge is 2.22. The van der Waals surface area contributed by atoms with Gasteiger partial charge in [0, 0.05) is 0 Å². The van der Waals surface area contributed by atoms with E-state index in [2.05, 4.69) is 35.0 Å². The maximum Gasteiger partial charge on any atom is 0.0884 e. The van der Waals surface area contributed by atoms with Crippen molar-refractivity contribution in [1.82, 2.24) is 0 Å². The van der Waals surface area contributed by atoms with Crippen LogP contribution < -0.4 is 17.0 Å². The van der Waals surface area contributed by atoms with E-state index in [0.717, 1.165) is 10.5 Å². The van der Waals surface area contributed by atoms with Gasteiger partial charge in [0.1, 0.15) is 0 Å². The maximum atomic E-state index is 2.43. The molecular weight excluding hydrogens is 514 g/mol. The number of unbranched alkanes of at least 4 members (excludes halogenated alkanes) is 25. The van der Waals surface area contributed by atoms with E-state index < -0.39 is 0 Å². The number of hydrogen-bond acceptors (Lipinski definition) is 0. The third-order valence-electron chi connectivity index (χ3n) is 8.63. The highest BCUT2D eigenvalue weighted by atomic mass is 79.9. The minimum atomic E-state index is 0. The van der Waals surface area contributed by atoms with Gasteiger partial charge in [-0.25, -0.2) is 0 Å². The summed E-state index contributed by atoms with van der Waals surface area (Å²) in [6, 6.07) is 0.871. The second-order valence-electron chi connectivity index (χ2n) is 13.2. The molecule has 0 aromatic carbocycles. The zero-order valence-electron chi connectivity index (χ0n) is 26.9. The van der Waals surface area contributed by atoms with Crippen molar-refractivity contribution in [2.75, 3.05) is 21.1 Å². The van der Waals surface area contributed by atoms with E-state index in [1.165, 1.54) is 186 Å². The van der Waals surface area contributed by atoms with Crippen LogP contribution in [0.5, 0.6) is 0 Å². The van der Waals surface area contributed by atoms with Crippen LogP contribution >= 0.6 is 0 Å². The largest absolute Gasteiger partial charge is 1.00 e. The number of quaternary nitrogens is 1. The summed E-state index contributed by atoms with van der Waals surface area (Å²) < 4.78 is 1.16. The molecule has 0 aliphatic heterocycles. The Bertz CT molecular complexity index is 403. The Kier molecular flexibility index (Phi) is 33.1. The fraction of sp³-hybridized carbons (Fsp3) is 1.00. The molecule has 1 unspecified atom stereocenters. The summed E-state index contributed by atoms with van der Waals surface area (Å²) >= 11 is 0. The van der Waals surface area contributed by atoms with Gasteiger partial charge in [-0.3, -0.25) is 0 Å². The lowest BCUT2D eigenvalue weighted by atomic mass is 9.97. The van der Waals surface area contributed by atoms with Gasteiger partial charge in [-0.1, -0.05) is 174 Å². The molecule has 0 fully saturated rings. The molecule has 0 radical (unpaired) electrons. The lowest BCUT2D eigenvalue weighted by Gasteiger charge is -2.34. The van der Waals surface area contributed by atoms with E-state index in [-0.39, 0.29) is 17.0 Å². The van der Waals surface area contributed by atoms with Crippen LogP contribution in [0.1, 0.15) is 200 Å². The van der Waals surface area contributed by atoms with Gasteiger partial charge >= 0.3 is 0 Å². The quantitative estimate of drug-likeness (QED) is 0.0579. The van der Waals surface area contributed by atoms with Crippen LogP contribution in [0, 0.1) is 0 Å². The molecule has 0 aromatic heterocycles. The molecule has 0 aliphatic rings. The molecule has 1 nitrogen and oxygen atoms in total. The topological polar surface area (TPSA) is 0 Å². The zero-order valence-corrected chi connectivity index (χ0v) is 28.5. The zero-order chi connectivity index (χ0) is 26.6. The fourth-order valence-electron chi connectivity index (χ4n) is 5.89. The van der Waals surface area contributed by atoms with Crippen LogP contribution in [0.25, 0.3) is 0 Å². The third-order valence-corrected chi connectivity index (χ3v) is 8.63. The summed E-state index contributed by atoms with van der Waals surface area (Å²) in [6.45, 7) is 4.62. The number of nitrogens with zero attached hydrogens (tertiary/aromatic N) is 1. The molecule has 2 heteroatoms. The molecule has 226 valence electrons. The average molecular weight is 589 g/mol. The Morgan fingerprint density at radius 3 is 0.703 bits per heavy atom. The standard InChI is InChI=1S/C35H74N.BrH/c1-6-8-10-12-14-16-18-19-20-21-22-23-24-26-28-30-32-34-35(36(3,4)5)33-31-29-27-25-17-15-13-11-9-7-2;/h35H,6-34H2,1-5H3;1H/q+1;/p-1. The van der Waals surface area contributed by atoms with Crippen molar-refractivity contribution in [3.05, 3.63) is 0 Å². The van der Waals surface area contributed by atoms with Gasteiger partial charge in [0.15, 0.2) is 0 Å². The minimum Gasteiger partial charge on any atom is -1.00 e. The van der Waals surface area contributed by atoms with Gasteiger partial charge in [0.2, 0.25) is 0 Å². The predicted molar refractivity (Wildman–Crippen MR) is 167 cm³/mol. The van der Waals surface area contributed by atoms with Crippen molar-refractivity contribution in [1.29, 1.82) is 0 Å². The van der Waals surface area contributed by atoms with Crippen molar-refractivity contribution in [3.63, 3.8) is 0 Å². The van der Waals surface area contributed by atoms with Crippen molar-refractivity contribution < 1.29 is 21.5 Å². The van der Waals surface area contributed by atoms with Crippen LogP contribution in [0.3, 0.4) is 0 Å². The van der Waals surface area contributed by atoms with E-state index in [1.807, 2.05) is 0 Å². The lowest BCUT2D eigenvalue weighted by Crippen LogP contribution is -3.00. The van der Waals surface area contributed by atoms with Crippen LogP contribution in [0.15, 0.2) is 0 Å². The van der Waals surface area contributed by atoms with Crippen molar-refractivity contribution in [3.8, 4) is 0 Å². The highest BCUT2D eigenvalue weighted by molar-refractivity contribution is 4.61. The molecule has 0 aromatic rings. The van der Waals surface area contributed by atoms with Crippen molar-refractivity contribution in [2.45, 2.75) is 206 Å². The molecule has 0 bridgehead atoms. The Hall–Kier alpha value is 0.440. The van der Waals surface area contributed by atoms with E-state index in [0.29, 0.717) is 0 Å². The molecular formula is C35H74BrN. The van der Waals surface area contributed by atoms with Gasteiger partial charge in [0.25, 0.3) is 0 Å². The average Bonchev–Trinajstić information content (AvgIpc) is 2.85. The van der Waals surface area contributed by atoms with Gasteiger partial charge < -0.3 is 21.5 Å². The van der Waals surface area contributed by atoms with Gasteiger partial charge in [0.05, 0.1) is 27.2 Å². The Morgan fingerprint density at radius 2 is 0.514 bits per heavy atom. The van der Waals surface area contributed by atoms with Gasteiger partial charge in [-0.05, 0) is 25.7 Å². The number of rotatable bonds is 30. The molecule has 0 rings (SSSR count). The molecule has 0 heterocycles. The first-order chi connectivity index (χ1) is 17.5. The Labute approximate surface area is 248 Å². The van der Waals surface area contributed by atoms with Gasteiger partial charge in [-0.2, -0.15) is 0 Å². The van der Waals surface area contributed by atoms with Crippen molar-refractivity contribution >= 4 is 0 Å². The first-order valence-corrected chi connectivity index (χ1v) is 17.3. The van der Waals surface area contributed by atoms with Crippen LogP contribution in [0.2, 0.25) is 0 Å². The third kappa shape index (κ3) is 30.8. The molecule has 37 heavy (non-hydrogen) atoms. The first-order valence-electron chi connectivity index (χ1n) is 17.3. The van der Waals surface area contributed by atoms with Crippen molar-refractivity contribution in [2.24, 2.45) is 0 Å². The molecule has 0 saturated heterocycles. The number of hydrogen-bond donors (Lipinski definition) is 0. The highest BCUT2D eigenvalue weighted by Crippen LogP contribution is 2.21. The van der Waals surface area contributed by atoms with E-state index in [4.69, 9.17) is 0 Å². The van der Waals surface area contributed by atoms with E-state index >= 15 is 0 Å². The molecule has 1 atom stereocenters. The fourth-order valence-corrected chi connectivity index (χ4v) is 5.89. The van der Waals surface area contributed by atoms with Crippen LogP contribution in [-0.2, 0) is 0 Å². The summed E-state index contributed by atoms with van der Waals surface area (Å²) in [5, 5.41) is 0. The van der Waals surface area contributed by atoms with Crippen LogP contribution in [0.4, 0.5) is 0 Å². The van der Waals surface area contributed by atoms with E-state index in [9.17, 15) is 0 Å². The SMILES string of the molecule is CCCCCCCCCCCCCCCCCCCC(CCCCCCCCCCCC)[N+](C)(C)C.[Br-]. The Balaban J connectivity index is 0. The lowest BCUT2D eigenvalue weighted by molar-refractivity contribution is -0.896. The first kappa shape index (κ1) is 39.6. The smallest absolute Gasteiger partial charge is 0.0884 e. The van der Waals surface area contributed by atoms with E-state index in [1.54, 1.807) is 0 Å². The molecule has 0 N–H and O–H groups in total. The normalized spacial score (nSPS) is 12.6.